The van der Waals surface area contributed by atoms with E-state index >= 15 is 0 Å². The van der Waals surface area contributed by atoms with Crippen molar-refractivity contribution in [2.45, 2.75) is 25.9 Å². The molecular weight excluding hydrogens is 287 g/mol. The van der Waals surface area contributed by atoms with Crippen LogP contribution in [0.2, 0.25) is 10.0 Å². The highest BCUT2D eigenvalue weighted by Crippen LogP contribution is 2.27. The van der Waals surface area contributed by atoms with Gasteiger partial charge in [0.1, 0.15) is 5.01 Å². The molecule has 0 bridgehead atoms. The molecule has 0 aliphatic heterocycles. The van der Waals surface area contributed by atoms with Crippen LogP contribution in [0.1, 0.15) is 36.5 Å². The van der Waals surface area contributed by atoms with Crippen molar-refractivity contribution in [1.29, 1.82) is 0 Å². The van der Waals surface area contributed by atoms with Crippen LogP contribution >= 0.6 is 34.5 Å². The third kappa shape index (κ3) is 3.23. The van der Waals surface area contributed by atoms with Crippen LogP contribution in [0.15, 0.2) is 29.8 Å². The van der Waals surface area contributed by atoms with Crippen molar-refractivity contribution in [3.63, 3.8) is 0 Å². The van der Waals surface area contributed by atoms with E-state index in [0.717, 1.165) is 10.6 Å². The number of hydrogen-bond donors (Lipinski definition) is 1. The molecule has 0 saturated carbocycles. The predicted molar refractivity (Wildman–Crippen MR) is 78.5 cm³/mol. The smallest absolute Gasteiger partial charge is 0.109 e. The van der Waals surface area contributed by atoms with Crippen LogP contribution in [0.4, 0.5) is 0 Å². The van der Waals surface area contributed by atoms with Gasteiger partial charge in [0.25, 0.3) is 0 Å². The largest absolute Gasteiger partial charge is 0.302 e. The zero-order valence-corrected chi connectivity index (χ0v) is 12.5. The highest BCUT2D eigenvalue weighted by molar-refractivity contribution is 7.09. The third-order valence-electron chi connectivity index (χ3n) is 2.77. The molecule has 0 saturated heterocycles. The highest BCUT2D eigenvalue weighted by Gasteiger charge is 2.13. The first-order valence-corrected chi connectivity index (χ1v) is 7.32. The van der Waals surface area contributed by atoms with E-state index in [4.69, 9.17) is 23.2 Å². The van der Waals surface area contributed by atoms with Crippen molar-refractivity contribution < 1.29 is 0 Å². The molecule has 1 N–H and O–H groups in total. The second-order valence-corrected chi connectivity index (χ2v) is 5.89. The van der Waals surface area contributed by atoms with E-state index < -0.39 is 0 Å². The van der Waals surface area contributed by atoms with Crippen LogP contribution in [0.5, 0.6) is 0 Å². The molecule has 2 atom stereocenters. The Morgan fingerprint density at radius 2 is 1.94 bits per heavy atom. The summed E-state index contributed by atoms with van der Waals surface area (Å²) in [7, 11) is 0. The monoisotopic (exact) mass is 300 g/mol. The Bertz CT molecular complexity index is 514. The zero-order valence-electron chi connectivity index (χ0n) is 10.2. The van der Waals surface area contributed by atoms with Crippen LogP contribution in [0.25, 0.3) is 0 Å². The molecule has 0 fully saturated rings. The molecule has 2 rings (SSSR count). The van der Waals surface area contributed by atoms with Gasteiger partial charge in [-0.1, -0.05) is 29.3 Å². The lowest BCUT2D eigenvalue weighted by atomic mass is 10.1. The van der Waals surface area contributed by atoms with Crippen LogP contribution in [0.3, 0.4) is 0 Å². The minimum atomic E-state index is 0.193. The van der Waals surface area contributed by atoms with E-state index in [1.807, 2.05) is 29.8 Å². The van der Waals surface area contributed by atoms with E-state index in [2.05, 4.69) is 24.1 Å². The number of aromatic nitrogens is 1. The molecule has 0 radical (unpaired) electrons. The number of nitrogens with zero attached hydrogens (tertiary/aromatic N) is 1. The van der Waals surface area contributed by atoms with Crippen LogP contribution < -0.4 is 5.32 Å². The first kappa shape index (κ1) is 13.8. The molecule has 2 aromatic rings. The van der Waals surface area contributed by atoms with Gasteiger partial charge >= 0.3 is 0 Å². The summed E-state index contributed by atoms with van der Waals surface area (Å²) >= 11 is 13.6. The number of benzene rings is 1. The van der Waals surface area contributed by atoms with Crippen LogP contribution in [0, 0.1) is 0 Å². The van der Waals surface area contributed by atoms with Crippen molar-refractivity contribution in [2.75, 3.05) is 0 Å². The molecule has 0 amide bonds. The van der Waals surface area contributed by atoms with Gasteiger partial charge in [0.05, 0.1) is 16.1 Å². The van der Waals surface area contributed by atoms with Gasteiger partial charge < -0.3 is 5.32 Å². The summed E-state index contributed by atoms with van der Waals surface area (Å²) in [6, 6.07) is 6.12. The fraction of sp³-hybridized carbons (Fsp3) is 0.308. The van der Waals surface area contributed by atoms with E-state index in [1.54, 1.807) is 11.3 Å². The zero-order chi connectivity index (χ0) is 13.1. The Balaban J connectivity index is 2.07. The Morgan fingerprint density at radius 1 is 1.17 bits per heavy atom. The maximum Gasteiger partial charge on any atom is 0.109 e. The second kappa shape index (κ2) is 6.02. The summed E-state index contributed by atoms with van der Waals surface area (Å²) < 4.78 is 0. The standard InChI is InChI=1S/C13H14Cl2N2S/c1-8(10-3-4-11(14)12(15)7-10)17-9(2)13-16-5-6-18-13/h3-9,17H,1-2H3/t8-,9+/m1/s1. The Kier molecular flexibility index (Phi) is 4.62. The number of rotatable bonds is 4. The summed E-state index contributed by atoms with van der Waals surface area (Å²) in [5.74, 6) is 0. The Hall–Kier alpha value is -0.610. The minimum absolute atomic E-state index is 0.193. The molecule has 0 unspecified atom stereocenters. The van der Waals surface area contributed by atoms with Gasteiger partial charge in [-0.05, 0) is 31.5 Å². The van der Waals surface area contributed by atoms with Crippen LogP contribution in [-0.4, -0.2) is 4.98 Å². The van der Waals surface area contributed by atoms with Crippen molar-refractivity contribution in [3.05, 3.63) is 50.4 Å². The van der Waals surface area contributed by atoms with E-state index in [0.29, 0.717) is 10.0 Å². The number of hydrogen-bond acceptors (Lipinski definition) is 3. The van der Waals surface area contributed by atoms with E-state index in [9.17, 15) is 0 Å². The molecule has 0 spiro atoms. The molecule has 96 valence electrons. The molecule has 0 aliphatic rings. The lowest BCUT2D eigenvalue weighted by molar-refractivity contribution is 0.493. The number of nitrogens with one attached hydrogen (secondary N) is 1. The Morgan fingerprint density at radius 3 is 2.56 bits per heavy atom. The van der Waals surface area contributed by atoms with Crippen molar-refractivity contribution >= 4 is 34.5 Å². The summed E-state index contributed by atoms with van der Waals surface area (Å²) in [4.78, 5) is 4.30. The summed E-state index contributed by atoms with van der Waals surface area (Å²) in [5.41, 5.74) is 1.12. The normalized spacial score (nSPS) is 14.4. The summed E-state index contributed by atoms with van der Waals surface area (Å²) in [5, 5.41) is 7.73. The van der Waals surface area contributed by atoms with Gasteiger partial charge in [0.15, 0.2) is 0 Å². The Labute approximate surface area is 121 Å². The lowest BCUT2D eigenvalue weighted by Gasteiger charge is -2.19. The van der Waals surface area contributed by atoms with Crippen molar-refractivity contribution in [3.8, 4) is 0 Å². The van der Waals surface area contributed by atoms with Gasteiger partial charge in [0, 0.05) is 17.6 Å². The minimum Gasteiger partial charge on any atom is -0.302 e. The number of thiazole rings is 1. The molecular formula is C13H14Cl2N2S. The summed E-state index contributed by atoms with van der Waals surface area (Å²) in [6.45, 7) is 4.20. The fourth-order valence-corrected chi connectivity index (χ4v) is 2.73. The molecule has 1 heterocycles. The lowest BCUT2D eigenvalue weighted by Crippen LogP contribution is -2.22. The number of halogens is 2. The maximum absolute atomic E-state index is 6.02. The molecule has 0 aliphatic carbocycles. The van der Waals surface area contributed by atoms with Gasteiger partial charge in [-0.2, -0.15) is 0 Å². The third-order valence-corrected chi connectivity index (χ3v) is 4.46. The molecule has 18 heavy (non-hydrogen) atoms. The maximum atomic E-state index is 6.02. The van der Waals surface area contributed by atoms with Gasteiger partial charge in [-0.15, -0.1) is 11.3 Å². The summed E-state index contributed by atoms with van der Waals surface area (Å²) in [6.07, 6.45) is 1.82. The van der Waals surface area contributed by atoms with Gasteiger partial charge in [0.2, 0.25) is 0 Å². The molecule has 1 aromatic heterocycles. The quantitative estimate of drug-likeness (QED) is 0.872. The first-order valence-electron chi connectivity index (χ1n) is 5.68. The SMILES string of the molecule is C[C@H](N[C@H](C)c1ccc(Cl)c(Cl)c1)c1nccs1. The van der Waals surface area contributed by atoms with Gasteiger partial charge in [-0.25, -0.2) is 4.98 Å². The predicted octanol–water partition coefficient (Wildman–Crippen LogP) is 4.86. The average molecular weight is 301 g/mol. The van der Waals surface area contributed by atoms with E-state index in [-0.39, 0.29) is 12.1 Å². The molecule has 2 nitrogen and oxygen atoms in total. The fourth-order valence-electron chi connectivity index (χ4n) is 1.77. The van der Waals surface area contributed by atoms with Crippen molar-refractivity contribution in [1.82, 2.24) is 10.3 Å². The van der Waals surface area contributed by atoms with Crippen molar-refractivity contribution in [2.24, 2.45) is 0 Å². The van der Waals surface area contributed by atoms with E-state index in [1.165, 1.54) is 0 Å². The van der Waals surface area contributed by atoms with Crippen LogP contribution in [-0.2, 0) is 0 Å². The highest BCUT2D eigenvalue weighted by atomic mass is 35.5. The average Bonchev–Trinajstić information content (AvgIpc) is 2.86. The topological polar surface area (TPSA) is 24.9 Å². The van der Waals surface area contributed by atoms with Gasteiger partial charge in [-0.3, -0.25) is 0 Å². The first-order chi connectivity index (χ1) is 8.58. The molecule has 5 heteroatoms. The molecule has 1 aromatic carbocycles. The second-order valence-electron chi connectivity index (χ2n) is 4.15.